The third-order valence-electron chi connectivity index (χ3n) is 4.93. The van der Waals surface area contributed by atoms with E-state index in [1.54, 1.807) is 0 Å². The van der Waals surface area contributed by atoms with Crippen molar-refractivity contribution in [2.45, 2.75) is 58.4 Å². The molecule has 5 nitrogen and oxygen atoms in total. The highest BCUT2D eigenvalue weighted by Gasteiger charge is 2.28. The Morgan fingerprint density at radius 3 is 2.22 bits per heavy atom. The van der Waals surface area contributed by atoms with Crippen molar-refractivity contribution in [3.05, 3.63) is 35.9 Å². The third-order valence-corrected chi connectivity index (χ3v) is 5.91. The summed E-state index contributed by atoms with van der Waals surface area (Å²) in [6.45, 7) is 9.89. The van der Waals surface area contributed by atoms with Gasteiger partial charge in [0.15, 0.2) is 5.96 Å². The van der Waals surface area contributed by atoms with E-state index in [2.05, 4.69) is 48.7 Å². The van der Waals surface area contributed by atoms with Gasteiger partial charge in [0, 0.05) is 24.3 Å². The normalized spacial score (nSPS) is 13.6. The number of nitrogens with zero attached hydrogens (tertiary/aromatic N) is 1. The maximum Gasteiger partial charge on any atom is 0.191 e. The zero-order valence-electron chi connectivity index (χ0n) is 17.3. The van der Waals surface area contributed by atoms with Crippen molar-refractivity contribution in [1.82, 2.24) is 10.6 Å². The van der Waals surface area contributed by atoms with Gasteiger partial charge in [-0.2, -0.15) is 0 Å². The summed E-state index contributed by atoms with van der Waals surface area (Å²) >= 11 is 0. The first-order valence-corrected chi connectivity index (χ1v) is 11.6. The number of hydrogen-bond donors (Lipinski definition) is 2. The van der Waals surface area contributed by atoms with Gasteiger partial charge in [0.05, 0.1) is 12.3 Å². The van der Waals surface area contributed by atoms with Gasteiger partial charge in [-0.1, -0.05) is 44.2 Å². The number of hydrogen-bond acceptors (Lipinski definition) is 3. The summed E-state index contributed by atoms with van der Waals surface area (Å²) in [5, 5.41) is 6.61. The van der Waals surface area contributed by atoms with Crippen molar-refractivity contribution in [1.29, 1.82) is 0 Å². The van der Waals surface area contributed by atoms with Crippen molar-refractivity contribution in [2.24, 2.45) is 4.99 Å². The molecule has 0 bridgehead atoms. The van der Waals surface area contributed by atoms with Crippen LogP contribution in [0.5, 0.6) is 0 Å². The predicted octanol–water partition coefficient (Wildman–Crippen LogP) is 3.74. The van der Waals surface area contributed by atoms with Gasteiger partial charge in [0.1, 0.15) is 9.84 Å². The summed E-state index contributed by atoms with van der Waals surface area (Å²) in [7, 11) is -2.95. The Kier molecular flexibility index (Phi) is 12.2. The fraction of sp³-hybridized carbons (Fsp3) is 0.650. The minimum Gasteiger partial charge on any atom is -0.357 e. The standard InChI is InChI=1S/C20H35N3O2S.HI/c1-6-20(7-2,18-12-10-9-11-13-18)16-22-19(21-8-3)23-17(4)14-15-26(5,24)25;/h9-13,17H,6-8,14-16H2,1-5H3,(H2,21,22,23);1H. The molecule has 0 aromatic heterocycles. The molecule has 0 saturated carbocycles. The molecule has 1 aromatic carbocycles. The maximum atomic E-state index is 11.4. The number of guanidine groups is 1. The topological polar surface area (TPSA) is 70.6 Å². The van der Waals surface area contributed by atoms with Gasteiger partial charge in [-0.05, 0) is 38.7 Å². The zero-order valence-corrected chi connectivity index (χ0v) is 20.4. The van der Waals surface area contributed by atoms with E-state index in [1.165, 1.54) is 11.8 Å². The van der Waals surface area contributed by atoms with E-state index in [4.69, 9.17) is 4.99 Å². The van der Waals surface area contributed by atoms with Crippen LogP contribution in [-0.2, 0) is 15.3 Å². The predicted molar refractivity (Wildman–Crippen MR) is 127 cm³/mol. The molecule has 0 amide bonds. The van der Waals surface area contributed by atoms with Gasteiger partial charge in [0.25, 0.3) is 0 Å². The lowest BCUT2D eigenvalue weighted by Crippen LogP contribution is -2.43. The summed E-state index contributed by atoms with van der Waals surface area (Å²) in [6.07, 6.45) is 3.87. The summed E-state index contributed by atoms with van der Waals surface area (Å²) in [4.78, 5) is 4.83. The van der Waals surface area contributed by atoms with Crippen molar-refractivity contribution >= 4 is 39.8 Å². The zero-order chi connectivity index (χ0) is 19.6. The molecule has 0 aliphatic carbocycles. The molecule has 0 aliphatic heterocycles. The molecule has 1 aromatic rings. The van der Waals surface area contributed by atoms with Crippen molar-refractivity contribution in [3.63, 3.8) is 0 Å². The molecule has 1 unspecified atom stereocenters. The number of aliphatic imine (C=N–C) groups is 1. The van der Waals surface area contributed by atoms with Gasteiger partial charge in [0.2, 0.25) is 0 Å². The van der Waals surface area contributed by atoms with Crippen LogP contribution in [0.25, 0.3) is 0 Å². The molecule has 0 radical (unpaired) electrons. The van der Waals surface area contributed by atoms with Gasteiger partial charge in [-0.3, -0.25) is 4.99 Å². The van der Waals surface area contributed by atoms with E-state index >= 15 is 0 Å². The molecule has 0 aliphatic rings. The quantitative estimate of drug-likeness (QED) is 0.287. The first-order chi connectivity index (χ1) is 12.3. The largest absolute Gasteiger partial charge is 0.357 e. The van der Waals surface area contributed by atoms with Crippen LogP contribution in [-0.4, -0.2) is 45.5 Å². The molecule has 1 rings (SSSR count). The smallest absolute Gasteiger partial charge is 0.191 e. The fourth-order valence-electron chi connectivity index (χ4n) is 3.01. The summed E-state index contributed by atoms with van der Waals surface area (Å²) < 4.78 is 22.7. The molecule has 1 atom stereocenters. The highest BCUT2D eigenvalue weighted by Crippen LogP contribution is 2.31. The van der Waals surface area contributed by atoms with Crippen LogP contribution in [0.1, 0.15) is 52.5 Å². The Hall–Kier alpha value is -0.830. The first-order valence-electron chi connectivity index (χ1n) is 9.54. The third kappa shape index (κ3) is 9.27. The lowest BCUT2D eigenvalue weighted by Gasteiger charge is -2.31. The molecule has 0 fully saturated rings. The number of benzene rings is 1. The first kappa shape index (κ1) is 26.2. The molecule has 156 valence electrons. The van der Waals surface area contributed by atoms with E-state index < -0.39 is 9.84 Å². The second-order valence-corrected chi connectivity index (χ2v) is 9.27. The van der Waals surface area contributed by atoms with Gasteiger partial charge >= 0.3 is 0 Å². The Balaban J connectivity index is 0.00000676. The fourth-order valence-corrected chi connectivity index (χ4v) is 3.79. The van der Waals surface area contributed by atoms with Gasteiger partial charge in [-0.15, -0.1) is 24.0 Å². The second kappa shape index (κ2) is 12.6. The van der Waals surface area contributed by atoms with E-state index in [0.717, 1.165) is 25.3 Å². The number of halogens is 1. The number of nitrogens with one attached hydrogen (secondary N) is 2. The van der Waals surface area contributed by atoms with E-state index in [1.807, 2.05) is 19.9 Å². The minimum atomic E-state index is -2.95. The van der Waals surface area contributed by atoms with Crippen molar-refractivity contribution < 1.29 is 8.42 Å². The Morgan fingerprint density at radius 1 is 1.15 bits per heavy atom. The average Bonchev–Trinajstić information content (AvgIpc) is 2.62. The summed E-state index contributed by atoms with van der Waals surface area (Å²) in [5.41, 5.74) is 1.33. The van der Waals surface area contributed by atoms with Crippen molar-refractivity contribution in [3.8, 4) is 0 Å². The average molecular weight is 509 g/mol. The lowest BCUT2D eigenvalue weighted by molar-refractivity contribution is 0.406. The van der Waals surface area contributed by atoms with E-state index in [9.17, 15) is 8.42 Å². The highest BCUT2D eigenvalue weighted by molar-refractivity contribution is 14.0. The van der Waals surface area contributed by atoms with Crippen LogP contribution in [0, 0.1) is 0 Å². The summed E-state index contributed by atoms with van der Waals surface area (Å²) in [6, 6.07) is 10.6. The molecule has 27 heavy (non-hydrogen) atoms. The van der Waals surface area contributed by atoms with Gasteiger partial charge in [-0.25, -0.2) is 8.42 Å². The van der Waals surface area contributed by atoms with E-state index in [-0.39, 0.29) is 41.2 Å². The monoisotopic (exact) mass is 509 g/mol. The molecule has 2 N–H and O–H groups in total. The Bertz CT molecular complexity index is 659. The molecular weight excluding hydrogens is 473 g/mol. The van der Waals surface area contributed by atoms with E-state index in [0.29, 0.717) is 13.0 Å². The molecule has 0 spiro atoms. The van der Waals surface area contributed by atoms with Crippen LogP contribution in [0.4, 0.5) is 0 Å². The molecule has 7 heteroatoms. The lowest BCUT2D eigenvalue weighted by atomic mass is 9.76. The Labute approximate surface area is 182 Å². The number of rotatable bonds is 10. The van der Waals surface area contributed by atoms with Crippen molar-refractivity contribution in [2.75, 3.05) is 25.1 Å². The summed E-state index contributed by atoms with van der Waals surface area (Å²) in [5.74, 6) is 0.925. The molecule has 0 heterocycles. The van der Waals surface area contributed by atoms with Crippen LogP contribution in [0.2, 0.25) is 0 Å². The minimum absolute atomic E-state index is 0. The molecular formula is C20H36IN3O2S. The van der Waals surface area contributed by atoms with Crippen LogP contribution < -0.4 is 10.6 Å². The maximum absolute atomic E-state index is 11.4. The number of sulfone groups is 1. The van der Waals surface area contributed by atoms with Crippen LogP contribution in [0.3, 0.4) is 0 Å². The highest BCUT2D eigenvalue weighted by atomic mass is 127. The SMILES string of the molecule is CCNC(=NCC(CC)(CC)c1ccccc1)NC(C)CCS(C)(=O)=O.I. The van der Waals surface area contributed by atoms with Crippen LogP contribution in [0.15, 0.2) is 35.3 Å². The van der Waals surface area contributed by atoms with Crippen LogP contribution >= 0.6 is 24.0 Å². The Morgan fingerprint density at radius 2 is 1.74 bits per heavy atom. The second-order valence-electron chi connectivity index (χ2n) is 7.01. The van der Waals surface area contributed by atoms with Gasteiger partial charge < -0.3 is 10.6 Å². The molecule has 0 saturated heterocycles.